The molecule has 2 N–H and O–H groups in total. The fraction of sp³-hybridized carbons (Fsp3) is 0.385. The average molecular weight is 577 g/mol. The number of aliphatic imine (C=N–C) groups is 1. The Labute approximate surface area is 220 Å². The van der Waals surface area contributed by atoms with E-state index in [2.05, 4.69) is 77.0 Å². The summed E-state index contributed by atoms with van der Waals surface area (Å²) in [5.41, 5.74) is 5.53. The molecule has 3 aromatic rings. The second-order valence-electron chi connectivity index (χ2n) is 8.40. The van der Waals surface area contributed by atoms with Gasteiger partial charge in [0.05, 0.1) is 18.0 Å². The number of rotatable bonds is 10. The van der Waals surface area contributed by atoms with Gasteiger partial charge in [0.1, 0.15) is 5.75 Å². The summed E-state index contributed by atoms with van der Waals surface area (Å²) in [6.45, 7) is 7.17. The van der Waals surface area contributed by atoms with Gasteiger partial charge in [-0.3, -0.25) is 4.99 Å². The molecule has 184 valence electrons. The normalized spacial score (nSPS) is 11.3. The van der Waals surface area contributed by atoms with Gasteiger partial charge in [0.15, 0.2) is 5.96 Å². The standard InChI is InChI=1S/C26H36N6O.HI/c1-20-17-21(2)32(30-20)25-10-7-6-9-23(25)19-29-26(27-3)28-18-22-11-13-24(14-12-22)33-16-8-15-31(4)5;/h6-7,9-14,17H,8,15-16,18-19H2,1-5H3,(H2,27,28,29);1H. The van der Waals surface area contributed by atoms with Crippen LogP contribution in [0.4, 0.5) is 0 Å². The minimum Gasteiger partial charge on any atom is -0.494 e. The van der Waals surface area contributed by atoms with Crippen LogP contribution in [-0.4, -0.2) is 54.9 Å². The number of halogens is 1. The number of para-hydroxylation sites is 1. The van der Waals surface area contributed by atoms with Crippen molar-refractivity contribution in [2.45, 2.75) is 33.4 Å². The molecule has 7 nitrogen and oxygen atoms in total. The van der Waals surface area contributed by atoms with Gasteiger partial charge in [0.25, 0.3) is 0 Å². The number of benzene rings is 2. The predicted octanol–water partition coefficient (Wildman–Crippen LogP) is 4.30. The highest BCUT2D eigenvalue weighted by Gasteiger charge is 2.09. The molecule has 1 aromatic heterocycles. The van der Waals surface area contributed by atoms with Crippen molar-refractivity contribution >= 4 is 29.9 Å². The van der Waals surface area contributed by atoms with Crippen LogP contribution in [0.2, 0.25) is 0 Å². The molecular weight excluding hydrogens is 539 g/mol. The lowest BCUT2D eigenvalue weighted by atomic mass is 10.1. The van der Waals surface area contributed by atoms with E-state index >= 15 is 0 Å². The quantitative estimate of drug-likeness (QED) is 0.163. The van der Waals surface area contributed by atoms with Gasteiger partial charge >= 0.3 is 0 Å². The predicted molar refractivity (Wildman–Crippen MR) is 151 cm³/mol. The highest BCUT2D eigenvalue weighted by molar-refractivity contribution is 14.0. The van der Waals surface area contributed by atoms with E-state index in [0.29, 0.717) is 13.1 Å². The van der Waals surface area contributed by atoms with E-state index < -0.39 is 0 Å². The Balaban J connectivity index is 0.00000408. The molecule has 0 aliphatic heterocycles. The highest BCUT2D eigenvalue weighted by Crippen LogP contribution is 2.17. The summed E-state index contributed by atoms with van der Waals surface area (Å²) in [6.07, 6.45) is 1.01. The second-order valence-corrected chi connectivity index (χ2v) is 8.40. The largest absolute Gasteiger partial charge is 0.494 e. The molecule has 0 bridgehead atoms. The minimum absolute atomic E-state index is 0. The lowest BCUT2D eigenvalue weighted by molar-refractivity contribution is 0.281. The molecule has 8 heteroatoms. The molecule has 0 spiro atoms. The highest BCUT2D eigenvalue weighted by atomic mass is 127. The number of nitrogens with zero attached hydrogens (tertiary/aromatic N) is 4. The third-order valence-corrected chi connectivity index (χ3v) is 5.30. The molecule has 0 unspecified atom stereocenters. The first-order valence-electron chi connectivity index (χ1n) is 11.4. The van der Waals surface area contributed by atoms with Gasteiger partial charge in [-0.25, -0.2) is 4.68 Å². The minimum atomic E-state index is 0. The molecule has 3 rings (SSSR count). The Hall–Kier alpha value is -2.59. The maximum Gasteiger partial charge on any atom is 0.191 e. The molecule has 2 aromatic carbocycles. The molecule has 0 amide bonds. The zero-order valence-corrected chi connectivity index (χ0v) is 23.2. The lowest BCUT2D eigenvalue weighted by Gasteiger charge is -2.15. The van der Waals surface area contributed by atoms with Gasteiger partial charge in [-0.15, -0.1) is 24.0 Å². The molecule has 0 fully saturated rings. The van der Waals surface area contributed by atoms with Gasteiger partial charge in [-0.05, 0) is 69.8 Å². The Kier molecular flexibility index (Phi) is 11.4. The van der Waals surface area contributed by atoms with Gasteiger partial charge in [0.2, 0.25) is 0 Å². The van der Waals surface area contributed by atoms with Crippen LogP contribution in [0, 0.1) is 13.8 Å². The number of ether oxygens (including phenoxy) is 1. The van der Waals surface area contributed by atoms with Crippen LogP contribution in [0.25, 0.3) is 5.69 Å². The van der Waals surface area contributed by atoms with Crippen molar-refractivity contribution in [2.75, 3.05) is 34.3 Å². The van der Waals surface area contributed by atoms with E-state index in [0.717, 1.165) is 53.9 Å². The number of nitrogens with one attached hydrogen (secondary N) is 2. The zero-order valence-electron chi connectivity index (χ0n) is 20.8. The third-order valence-electron chi connectivity index (χ3n) is 5.30. The van der Waals surface area contributed by atoms with Gasteiger partial charge in [0, 0.05) is 32.4 Å². The molecule has 0 saturated carbocycles. The Morgan fingerprint density at radius 3 is 2.38 bits per heavy atom. The van der Waals surface area contributed by atoms with Crippen molar-refractivity contribution in [3.63, 3.8) is 0 Å². The van der Waals surface area contributed by atoms with E-state index in [1.165, 1.54) is 5.56 Å². The number of guanidine groups is 1. The van der Waals surface area contributed by atoms with Gasteiger partial charge in [-0.2, -0.15) is 5.10 Å². The molecule has 0 saturated heterocycles. The molecular formula is C26H37IN6O. The molecule has 34 heavy (non-hydrogen) atoms. The summed E-state index contributed by atoms with van der Waals surface area (Å²) in [7, 11) is 5.93. The van der Waals surface area contributed by atoms with Crippen molar-refractivity contribution < 1.29 is 4.74 Å². The summed E-state index contributed by atoms with van der Waals surface area (Å²) in [6, 6.07) is 18.6. The number of aryl methyl sites for hydroxylation is 2. The molecule has 0 aliphatic carbocycles. The second kappa shape index (κ2) is 14.0. The van der Waals surface area contributed by atoms with Crippen LogP contribution in [-0.2, 0) is 13.1 Å². The third kappa shape index (κ3) is 8.32. The van der Waals surface area contributed by atoms with E-state index in [9.17, 15) is 0 Å². The number of hydrogen-bond acceptors (Lipinski definition) is 4. The van der Waals surface area contributed by atoms with E-state index in [4.69, 9.17) is 4.74 Å². The topological polar surface area (TPSA) is 66.7 Å². The first-order chi connectivity index (χ1) is 16.0. The van der Waals surface area contributed by atoms with E-state index in [1.807, 2.05) is 35.9 Å². The molecule has 1 heterocycles. The lowest BCUT2D eigenvalue weighted by Crippen LogP contribution is -2.36. The SMILES string of the molecule is CN=C(NCc1ccc(OCCCN(C)C)cc1)NCc1ccccc1-n1nc(C)cc1C.I. The van der Waals surface area contributed by atoms with Crippen LogP contribution in [0.1, 0.15) is 28.9 Å². The average Bonchev–Trinajstić information content (AvgIpc) is 3.15. The summed E-state index contributed by atoms with van der Waals surface area (Å²) in [4.78, 5) is 6.53. The van der Waals surface area contributed by atoms with Crippen molar-refractivity contribution in [3.05, 3.63) is 77.1 Å². The van der Waals surface area contributed by atoms with Crippen LogP contribution < -0.4 is 15.4 Å². The summed E-state index contributed by atoms with van der Waals surface area (Å²) < 4.78 is 7.81. The van der Waals surface area contributed by atoms with Crippen molar-refractivity contribution in [1.82, 2.24) is 25.3 Å². The summed E-state index contributed by atoms with van der Waals surface area (Å²) in [5.74, 6) is 1.66. The van der Waals surface area contributed by atoms with Crippen LogP contribution in [0.5, 0.6) is 5.75 Å². The van der Waals surface area contributed by atoms with Crippen molar-refractivity contribution in [3.8, 4) is 11.4 Å². The number of hydrogen-bond donors (Lipinski definition) is 2. The smallest absolute Gasteiger partial charge is 0.191 e. The van der Waals surface area contributed by atoms with E-state index in [-0.39, 0.29) is 24.0 Å². The molecule has 0 radical (unpaired) electrons. The molecule has 0 atom stereocenters. The number of aromatic nitrogens is 2. The van der Waals surface area contributed by atoms with Crippen molar-refractivity contribution in [1.29, 1.82) is 0 Å². The van der Waals surface area contributed by atoms with Crippen molar-refractivity contribution in [2.24, 2.45) is 4.99 Å². The van der Waals surface area contributed by atoms with Gasteiger partial charge < -0.3 is 20.3 Å². The maximum absolute atomic E-state index is 5.81. The summed E-state index contributed by atoms with van der Waals surface area (Å²) >= 11 is 0. The van der Waals surface area contributed by atoms with Crippen LogP contribution in [0.15, 0.2) is 59.6 Å². The molecule has 0 aliphatic rings. The monoisotopic (exact) mass is 576 g/mol. The first kappa shape index (κ1) is 27.7. The van der Waals surface area contributed by atoms with Crippen LogP contribution >= 0.6 is 24.0 Å². The fourth-order valence-electron chi connectivity index (χ4n) is 3.60. The van der Waals surface area contributed by atoms with E-state index in [1.54, 1.807) is 7.05 Å². The Bertz CT molecular complexity index is 1050. The fourth-order valence-corrected chi connectivity index (χ4v) is 3.60. The maximum atomic E-state index is 5.81. The zero-order chi connectivity index (χ0) is 23.6. The first-order valence-corrected chi connectivity index (χ1v) is 11.4. The van der Waals surface area contributed by atoms with Gasteiger partial charge in [-0.1, -0.05) is 30.3 Å². The Morgan fingerprint density at radius 2 is 1.74 bits per heavy atom. The van der Waals surface area contributed by atoms with Crippen LogP contribution in [0.3, 0.4) is 0 Å². The summed E-state index contributed by atoms with van der Waals surface area (Å²) in [5, 5.41) is 11.4. The Morgan fingerprint density at radius 1 is 1.03 bits per heavy atom.